The number of nitrogens with zero attached hydrogens (tertiary/aromatic N) is 1. The van der Waals surface area contributed by atoms with Gasteiger partial charge in [0.1, 0.15) is 0 Å². The number of amides is 2. The van der Waals surface area contributed by atoms with Gasteiger partial charge in [-0.2, -0.15) is 0 Å². The zero-order chi connectivity index (χ0) is 19.9. The van der Waals surface area contributed by atoms with Gasteiger partial charge in [0, 0.05) is 22.5 Å². The van der Waals surface area contributed by atoms with E-state index in [1.165, 1.54) is 23.1 Å². The summed E-state index contributed by atoms with van der Waals surface area (Å²) in [5, 5.41) is 9.90. The summed E-state index contributed by atoms with van der Waals surface area (Å²) < 4.78 is 0.791. The molecule has 0 saturated heterocycles. The topological polar surface area (TPSA) is 71.1 Å². The fourth-order valence-electron chi connectivity index (χ4n) is 2.68. The van der Waals surface area contributed by atoms with Crippen molar-refractivity contribution in [2.75, 3.05) is 11.1 Å². The summed E-state index contributed by atoms with van der Waals surface area (Å²) in [5.41, 5.74) is 1.55. The minimum atomic E-state index is -0.0763. The number of hydrogen-bond donors (Lipinski definition) is 2. The van der Waals surface area contributed by atoms with Crippen LogP contribution in [0.25, 0.3) is 10.8 Å². The van der Waals surface area contributed by atoms with Crippen LogP contribution < -0.4 is 10.6 Å². The molecule has 3 rings (SSSR count). The van der Waals surface area contributed by atoms with E-state index in [2.05, 4.69) is 15.6 Å². The molecule has 0 bridgehead atoms. The van der Waals surface area contributed by atoms with Gasteiger partial charge < -0.3 is 10.6 Å². The third-order valence-corrected chi connectivity index (χ3v) is 6.35. The van der Waals surface area contributed by atoms with Crippen molar-refractivity contribution in [3.05, 3.63) is 53.5 Å². The highest BCUT2D eigenvalue weighted by atomic mass is 32.2. The fraction of sp³-hybridized carbons (Fsp3) is 0.286. The number of carbonyl (C=O) groups is 2. The molecule has 2 N–H and O–H groups in total. The Morgan fingerprint density at radius 3 is 2.75 bits per heavy atom. The van der Waals surface area contributed by atoms with Gasteiger partial charge in [0.15, 0.2) is 4.34 Å². The number of benzene rings is 2. The lowest BCUT2D eigenvalue weighted by Crippen LogP contribution is -2.33. The van der Waals surface area contributed by atoms with Gasteiger partial charge in [-0.15, -0.1) is 11.3 Å². The second kappa shape index (κ2) is 9.71. The van der Waals surface area contributed by atoms with Crippen molar-refractivity contribution in [3.63, 3.8) is 0 Å². The average molecular weight is 414 g/mol. The van der Waals surface area contributed by atoms with Gasteiger partial charge in [-0.05, 0) is 24.8 Å². The largest absolute Gasteiger partial charge is 0.353 e. The SMILES string of the molecule is CCC(C)NC(=O)Cc1csc(SCC(=O)Nc2cccc3ccccc23)n1. The predicted molar refractivity (Wildman–Crippen MR) is 117 cm³/mol. The first-order chi connectivity index (χ1) is 13.5. The van der Waals surface area contributed by atoms with Gasteiger partial charge in [-0.3, -0.25) is 9.59 Å². The lowest BCUT2D eigenvalue weighted by Gasteiger charge is -2.10. The van der Waals surface area contributed by atoms with Gasteiger partial charge in [-0.25, -0.2) is 4.98 Å². The molecule has 0 radical (unpaired) electrons. The van der Waals surface area contributed by atoms with E-state index in [9.17, 15) is 9.59 Å². The zero-order valence-corrected chi connectivity index (χ0v) is 17.5. The van der Waals surface area contributed by atoms with Crippen LogP contribution in [0.3, 0.4) is 0 Å². The van der Waals surface area contributed by atoms with Crippen molar-refractivity contribution < 1.29 is 9.59 Å². The molecule has 1 heterocycles. The number of thiazole rings is 1. The van der Waals surface area contributed by atoms with Crippen LogP contribution in [-0.4, -0.2) is 28.6 Å². The maximum absolute atomic E-state index is 12.3. The summed E-state index contributed by atoms with van der Waals surface area (Å²) >= 11 is 2.84. The van der Waals surface area contributed by atoms with Crippen molar-refractivity contribution in [1.82, 2.24) is 10.3 Å². The molecule has 1 atom stereocenters. The Balaban J connectivity index is 1.52. The first-order valence-electron chi connectivity index (χ1n) is 9.19. The maximum atomic E-state index is 12.3. The molecule has 3 aromatic rings. The molecule has 0 saturated carbocycles. The molecular formula is C21H23N3O2S2. The third kappa shape index (κ3) is 5.56. The van der Waals surface area contributed by atoms with Crippen LogP contribution in [0.2, 0.25) is 0 Å². The van der Waals surface area contributed by atoms with Crippen LogP contribution in [0.1, 0.15) is 26.0 Å². The van der Waals surface area contributed by atoms with Crippen LogP contribution in [0, 0.1) is 0 Å². The van der Waals surface area contributed by atoms with E-state index in [4.69, 9.17) is 0 Å². The molecule has 0 fully saturated rings. The highest BCUT2D eigenvalue weighted by Crippen LogP contribution is 2.25. The van der Waals surface area contributed by atoms with Crippen LogP contribution in [0.4, 0.5) is 5.69 Å². The smallest absolute Gasteiger partial charge is 0.234 e. The molecule has 2 aromatic carbocycles. The van der Waals surface area contributed by atoms with Crippen LogP contribution in [0.15, 0.2) is 52.2 Å². The van der Waals surface area contributed by atoms with Gasteiger partial charge in [0.25, 0.3) is 0 Å². The Morgan fingerprint density at radius 2 is 1.93 bits per heavy atom. The van der Waals surface area contributed by atoms with Crippen molar-refractivity contribution in [2.24, 2.45) is 0 Å². The molecule has 7 heteroatoms. The molecule has 0 spiro atoms. The Labute approximate surface area is 172 Å². The molecular weight excluding hydrogens is 390 g/mol. The number of fused-ring (bicyclic) bond motifs is 1. The Bertz CT molecular complexity index is 966. The zero-order valence-electron chi connectivity index (χ0n) is 15.9. The van der Waals surface area contributed by atoms with E-state index in [1.807, 2.05) is 61.7 Å². The van der Waals surface area contributed by atoms with Crippen molar-refractivity contribution in [1.29, 1.82) is 0 Å². The third-order valence-electron chi connectivity index (χ3n) is 4.28. The Morgan fingerprint density at radius 1 is 1.14 bits per heavy atom. The minimum absolute atomic E-state index is 0.0232. The fourth-order valence-corrected chi connectivity index (χ4v) is 4.32. The number of rotatable bonds is 8. The first kappa shape index (κ1) is 20.4. The molecule has 0 aliphatic rings. The maximum Gasteiger partial charge on any atom is 0.234 e. The first-order valence-corrected chi connectivity index (χ1v) is 11.1. The standard InChI is InChI=1S/C21H23N3O2S2/c1-3-14(2)22-19(25)11-16-12-27-21(23-16)28-13-20(26)24-18-10-6-8-15-7-4-5-9-17(15)18/h4-10,12,14H,3,11,13H2,1-2H3,(H,22,25)(H,24,26). The van der Waals surface area contributed by atoms with E-state index in [0.717, 1.165) is 32.9 Å². The molecule has 0 aliphatic heterocycles. The molecule has 28 heavy (non-hydrogen) atoms. The number of anilines is 1. The number of nitrogens with one attached hydrogen (secondary N) is 2. The van der Waals surface area contributed by atoms with E-state index in [-0.39, 0.29) is 30.0 Å². The lowest BCUT2D eigenvalue weighted by atomic mass is 10.1. The summed E-state index contributed by atoms with van der Waals surface area (Å²) in [6.07, 6.45) is 1.17. The highest BCUT2D eigenvalue weighted by Gasteiger charge is 2.12. The minimum Gasteiger partial charge on any atom is -0.353 e. The molecule has 5 nitrogen and oxygen atoms in total. The summed E-state index contributed by atoms with van der Waals surface area (Å²) in [6, 6.07) is 14.0. The Hall–Kier alpha value is -2.38. The van der Waals surface area contributed by atoms with Gasteiger partial charge >= 0.3 is 0 Å². The number of carbonyl (C=O) groups excluding carboxylic acids is 2. The summed E-state index contributed by atoms with van der Waals surface area (Å²) in [7, 11) is 0. The van der Waals surface area contributed by atoms with Crippen LogP contribution in [0.5, 0.6) is 0 Å². The lowest BCUT2D eigenvalue weighted by molar-refractivity contribution is -0.121. The number of thioether (sulfide) groups is 1. The summed E-state index contributed by atoms with van der Waals surface area (Å²) in [5.74, 6) is 0.174. The van der Waals surface area contributed by atoms with E-state index in [1.54, 1.807) is 0 Å². The molecule has 1 unspecified atom stereocenters. The Kier molecular flexibility index (Phi) is 7.06. The second-order valence-electron chi connectivity index (χ2n) is 6.52. The van der Waals surface area contributed by atoms with Gasteiger partial charge in [0.05, 0.1) is 17.9 Å². The quantitative estimate of drug-likeness (QED) is 0.534. The van der Waals surface area contributed by atoms with Gasteiger partial charge in [0.2, 0.25) is 11.8 Å². The van der Waals surface area contributed by atoms with E-state index < -0.39 is 0 Å². The van der Waals surface area contributed by atoms with Crippen LogP contribution >= 0.6 is 23.1 Å². The normalized spacial score (nSPS) is 11.9. The average Bonchev–Trinajstić information content (AvgIpc) is 3.13. The van der Waals surface area contributed by atoms with Crippen LogP contribution in [-0.2, 0) is 16.0 Å². The molecule has 1 aromatic heterocycles. The second-order valence-corrected chi connectivity index (χ2v) is 8.60. The summed E-state index contributed by atoms with van der Waals surface area (Å²) in [4.78, 5) is 28.8. The molecule has 0 aliphatic carbocycles. The molecule has 146 valence electrons. The van der Waals surface area contributed by atoms with E-state index in [0.29, 0.717) is 0 Å². The summed E-state index contributed by atoms with van der Waals surface area (Å²) in [6.45, 7) is 4.01. The predicted octanol–water partition coefficient (Wildman–Crippen LogP) is 4.48. The highest BCUT2D eigenvalue weighted by molar-refractivity contribution is 8.01. The van der Waals surface area contributed by atoms with Crippen molar-refractivity contribution >= 4 is 51.4 Å². The number of aromatic nitrogens is 1. The monoisotopic (exact) mass is 413 g/mol. The molecule has 2 amide bonds. The van der Waals surface area contributed by atoms with E-state index >= 15 is 0 Å². The number of hydrogen-bond acceptors (Lipinski definition) is 5. The van der Waals surface area contributed by atoms with Gasteiger partial charge in [-0.1, -0.05) is 55.1 Å². The van der Waals surface area contributed by atoms with Crippen molar-refractivity contribution in [2.45, 2.75) is 37.1 Å². The van der Waals surface area contributed by atoms with Crippen molar-refractivity contribution in [3.8, 4) is 0 Å².